The number of fused-ring (bicyclic) bond motifs is 1. The molecule has 9 heteroatoms. The zero-order chi connectivity index (χ0) is 24.6. The fourth-order valence-corrected chi connectivity index (χ4v) is 4.25. The van der Waals surface area contributed by atoms with Gasteiger partial charge in [-0.3, -0.25) is 9.78 Å². The Morgan fingerprint density at radius 3 is 2.57 bits per heavy atom. The summed E-state index contributed by atoms with van der Waals surface area (Å²) in [6.45, 7) is 0. The summed E-state index contributed by atoms with van der Waals surface area (Å²) in [5.74, 6) is 0. The summed E-state index contributed by atoms with van der Waals surface area (Å²) in [5, 5.41) is 10.3. The lowest BCUT2D eigenvalue weighted by Crippen LogP contribution is -2.17. The molecule has 3 aromatic carbocycles. The van der Waals surface area contributed by atoms with Crippen molar-refractivity contribution in [1.29, 1.82) is 0 Å². The molecule has 0 radical (unpaired) electrons. The predicted octanol–water partition coefficient (Wildman–Crippen LogP) is 6.96. The minimum atomic E-state index is -4.44. The van der Waals surface area contributed by atoms with Crippen LogP contribution >= 0.6 is 11.6 Å². The predicted molar refractivity (Wildman–Crippen MR) is 130 cm³/mol. The molecule has 0 aliphatic carbocycles. The van der Waals surface area contributed by atoms with Crippen molar-refractivity contribution in [2.45, 2.75) is 18.6 Å². The topological polar surface area (TPSA) is 57.6 Å². The second-order valence-corrected chi connectivity index (χ2v) is 8.53. The molecule has 1 amide bonds. The van der Waals surface area contributed by atoms with Gasteiger partial charge >= 0.3 is 6.18 Å². The van der Waals surface area contributed by atoms with E-state index in [0.29, 0.717) is 28.9 Å². The largest absolute Gasteiger partial charge is 0.416 e. The second-order valence-electron chi connectivity index (χ2n) is 8.10. The third kappa shape index (κ3) is 4.70. The van der Waals surface area contributed by atoms with E-state index in [1.54, 1.807) is 18.2 Å². The van der Waals surface area contributed by atoms with Crippen LogP contribution in [0, 0.1) is 0 Å². The normalized spacial score (nSPS) is 15.8. The van der Waals surface area contributed by atoms with E-state index in [0.717, 1.165) is 34.7 Å². The summed E-state index contributed by atoms with van der Waals surface area (Å²) in [7, 11) is 0. The number of benzene rings is 3. The number of carbonyl (C=O) groups excluding carboxylic acids is 1. The van der Waals surface area contributed by atoms with Gasteiger partial charge < -0.3 is 5.32 Å². The van der Waals surface area contributed by atoms with Crippen molar-refractivity contribution in [1.82, 2.24) is 9.99 Å². The van der Waals surface area contributed by atoms with Gasteiger partial charge in [0.15, 0.2) is 0 Å². The van der Waals surface area contributed by atoms with Gasteiger partial charge in [0, 0.05) is 34.4 Å². The van der Waals surface area contributed by atoms with Gasteiger partial charge in [-0.1, -0.05) is 41.9 Å². The molecule has 35 heavy (non-hydrogen) atoms. The molecule has 5 rings (SSSR count). The van der Waals surface area contributed by atoms with E-state index in [9.17, 15) is 18.0 Å². The summed E-state index contributed by atoms with van der Waals surface area (Å²) in [4.78, 5) is 15.8. The highest BCUT2D eigenvalue weighted by atomic mass is 35.5. The van der Waals surface area contributed by atoms with Crippen LogP contribution in [0.15, 0.2) is 84.1 Å². The number of rotatable bonds is 5. The first kappa shape index (κ1) is 22.9. The minimum Gasteiger partial charge on any atom is -0.355 e. The molecule has 1 aliphatic heterocycles. The van der Waals surface area contributed by atoms with E-state index in [1.165, 1.54) is 17.3 Å². The maximum atomic E-state index is 13.1. The number of alkyl halides is 3. The summed E-state index contributed by atoms with van der Waals surface area (Å²) < 4.78 is 39.2. The Morgan fingerprint density at radius 2 is 1.83 bits per heavy atom. The Hall–Kier alpha value is -3.91. The van der Waals surface area contributed by atoms with E-state index in [2.05, 4.69) is 15.4 Å². The number of aromatic nitrogens is 1. The monoisotopic (exact) mass is 494 g/mol. The molecule has 0 bridgehead atoms. The maximum Gasteiger partial charge on any atom is 0.416 e. The highest BCUT2D eigenvalue weighted by molar-refractivity contribution is 6.30. The molecule has 0 spiro atoms. The third-order valence-corrected chi connectivity index (χ3v) is 6.10. The SMILES string of the molecule is O=CN1N=C(c2ccc(Cl)cc2)CC1c1cccc(Nc2ccnc3cc(C(F)(F)F)ccc23)c1. The van der Waals surface area contributed by atoms with Gasteiger partial charge in [0.25, 0.3) is 0 Å². The van der Waals surface area contributed by atoms with E-state index in [-0.39, 0.29) is 11.6 Å². The van der Waals surface area contributed by atoms with Crippen LogP contribution in [0.25, 0.3) is 10.9 Å². The number of hydrazone groups is 1. The Morgan fingerprint density at radius 1 is 1.03 bits per heavy atom. The molecule has 0 saturated carbocycles. The van der Waals surface area contributed by atoms with Gasteiger partial charge in [0.1, 0.15) is 0 Å². The van der Waals surface area contributed by atoms with Gasteiger partial charge in [-0.05, 0) is 53.6 Å². The summed E-state index contributed by atoms with van der Waals surface area (Å²) in [6, 6.07) is 19.7. The molecule has 0 saturated heterocycles. The molecule has 1 unspecified atom stereocenters. The van der Waals surface area contributed by atoms with Crippen molar-refractivity contribution >= 4 is 46.0 Å². The van der Waals surface area contributed by atoms with Crippen LogP contribution in [0.5, 0.6) is 0 Å². The van der Waals surface area contributed by atoms with E-state index < -0.39 is 11.7 Å². The maximum absolute atomic E-state index is 13.1. The standard InChI is InChI=1S/C26H18ClF3N4O/c27-19-7-4-16(5-8-19)23-14-25(34(15-35)33-23)17-2-1-3-20(12-17)32-22-10-11-31-24-13-18(26(28,29)30)6-9-21(22)24/h1-13,15,25H,14H2,(H,31,32). The number of halogens is 4. The van der Waals surface area contributed by atoms with Crippen LogP contribution in [-0.4, -0.2) is 22.1 Å². The first-order valence-electron chi connectivity index (χ1n) is 10.7. The molecule has 176 valence electrons. The van der Waals surface area contributed by atoms with Crippen LogP contribution in [0.3, 0.4) is 0 Å². The van der Waals surface area contributed by atoms with E-state index >= 15 is 0 Å². The molecule has 1 aromatic heterocycles. The number of amides is 1. The zero-order valence-corrected chi connectivity index (χ0v) is 18.9. The lowest BCUT2D eigenvalue weighted by molar-refractivity contribution is -0.137. The van der Waals surface area contributed by atoms with Crippen LogP contribution < -0.4 is 5.32 Å². The Bertz CT molecular complexity index is 1440. The molecule has 5 nitrogen and oxygen atoms in total. The van der Waals surface area contributed by atoms with Crippen molar-refractivity contribution in [3.05, 3.63) is 101 Å². The molecule has 4 aromatic rings. The molecule has 1 N–H and O–H groups in total. The fourth-order valence-electron chi connectivity index (χ4n) is 4.12. The summed E-state index contributed by atoms with van der Waals surface area (Å²) in [5.41, 5.74) is 3.37. The van der Waals surface area contributed by atoms with Crippen molar-refractivity contribution in [3.63, 3.8) is 0 Å². The first-order valence-corrected chi connectivity index (χ1v) is 11.1. The Labute approximate surface area is 203 Å². The first-order chi connectivity index (χ1) is 16.8. The minimum absolute atomic E-state index is 0.241. The van der Waals surface area contributed by atoms with Crippen LogP contribution in [0.4, 0.5) is 24.5 Å². The second kappa shape index (κ2) is 9.03. The number of nitrogens with one attached hydrogen (secondary N) is 1. The Kier molecular flexibility index (Phi) is 5.90. The summed E-state index contributed by atoms with van der Waals surface area (Å²) in [6.07, 6.45) is -1.75. The number of hydrogen-bond donors (Lipinski definition) is 1. The van der Waals surface area contributed by atoms with Crippen LogP contribution in [0.1, 0.15) is 29.2 Å². The molecule has 0 fully saturated rings. The van der Waals surface area contributed by atoms with Gasteiger partial charge in [-0.25, -0.2) is 5.01 Å². The number of carbonyl (C=O) groups is 1. The highest BCUT2D eigenvalue weighted by Gasteiger charge is 2.31. The van der Waals surface area contributed by atoms with Crippen LogP contribution in [0.2, 0.25) is 5.02 Å². The van der Waals surface area contributed by atoms with E-state index in [4.69, 9.17) is 11.6 Å². The third-order valence-electron chi connectivity index (χ3n) is 5.85. The fraction of sp³-hybridized carbons (Fsp3) is 0.115. The average molecular weight is 495 g/mol. The van der Waals surface area contributed by atoms with Crippen molar-refractivity contribution in [3.8, 4) is 0 Å². The van der Waals surface area contributed by atoms with E-state index in [1.807, 2.05) is 36.4 Å². The van der Waals surface area contributed by atoms with Crippen LogP contribution in [-0.2, 0) is 11.0 Å². The van der Waals surface area contributed by atoms with Gasteiger partial charge in [0.05, 0.1) is 22.8 Å². The average Bonchev–Trinajstić information content (AvgIpc) is 3.29. The van der Waals surface area contributed by atoms with Gasteiger partial charge in [0.2, 0.25) is 6.41 Å². The molecule has 2 heterocycles. The lowest BCUT2D eigenvalue weighted by Gasteiger charge is -2.19. The molecular formula is C26H18ClF3N4O. The Balaban J connectivity index is 1.41. The molecule has 1 aliphatic rings. The summed E-state index contributed by atoms with van der Waals surface area (Å²) >= 11 is 5.98. The number of anilines is 2. The number of nitrogens with zero attached hydrogens (tertiary/aromatic N) is 3. The quantitative estimate of drug-likeness (QED) is 0.305. The van der Waals surface area contributed by atoms with Crippen molar-refractivity contribution in [2.75, 3.05) is 5.32 Å². The molecule has 1 atom stereocenters. The number of hydrogen-bond acceptors (Lipinski definition) is 4. The smallest absolute Gasteiger partial charge is 0.355 e. The molecular weight excluding hydrogens is 477 g/mol. The van der Waals surface area contributed by atoms with Gasteiger partial charge in [-0.2, -0.15) is 18.3 Å². The van der Waals surface area contributed by atoms with Gasteiger partial charge in [-0.15, -0.1) is 0 Å². The number of pyridine rings is 1. The highest BCUT2D eigenvalue weighted by Crippen LogP contribution is 2.35. The lowest BCUT2D eigenvalue weighted by atomic mass is 9.98. The van der Waals surface area contributed by atoms with Crippen molar-refractivity contribution in [2.24, 2.45) is 5.10 Å². The zero-order valence-electron chi connectivity index (χ0n) is 18.1. The van der Waals surface area contributed by atoms with Crippen molar-refractivity contribution < 1.29 is 18.0 Å².